The molecular weight excluding hydrogens is 340 g/mol. The number of thiophene rings is 1. The Bertz CT molecular complexity index is 869. The van der Waals surface area contributed by atoms with Gasteiger partial charge in [0.15, 0.2) is 0 Å². The number of nitrogens with zero attached hydrogens (tertiary/aromatic N) is 2. The lowest BCUT2D eigenvalue weighted by atomic mass is 10.1. The summed E-state index contributed by atoms with van der Waals surface area (Å²) in [6.45, 7) is 4.81. The number of amides is 1. The summed E-state index contributed by atoms with van der Waals surface area (Å²) in [7, 11) is 0. The van der Waals surface area contributed by atoms with Crippen LogP contribution in [0.15, 0.2) is 61.3 Å². The molecule has 1 amide bonds. The van der Waals surface area contributed by atoms with Crippen molar-refractivity contribution < 1.29 is 4.79 Å². The van der Waals surface area contributed by atoms with Crippen molar-refractivity contribution >= 4 is 39.7 Å². The zero-order chi connectivity index (χ0) is 16.9. The van der Waals surface area contributed by atoms with Crippen LogP contribution in [0, 0.1) is 0 Å². The summed E-state index contributed by atoms with van der Waals surface area (Å²) in [4.78, 5) is 20.0. The van der Waals surface area contributed by atoms with Crippen LogP contribution in [0.3, 0.4) is 0 Å². The van der Waals surface area contributed by atoms with Gasteiger partial charge < -0.3 is 4.90 Å². The van der Waals surface area contributed by atoms with E-state index < -0.39 is 0 Å². The Kier molecular flexibility index (Phi) is 5.28. The van der Waals surface area contributed by atoms with Crippen LogP contribution in [0.5, 0.6) is 0 Å². The number of hydrogen-bond acceptors (Lipinski definition) is 3. The zero-order valence-electron chi connectivity index (χ0n) is 13.1. The van der Waals surface area contributed by atoms with Gasteiger partial charge >= 0.3 is 0 Å². The number of aromatic nitrogens is 1. The van der Waals surface area contributed by atoms with Crippen LogP contribution in [0.2, 0.25) is 4.34 Å². The minimum atomic E-state index is 0.0533. The minimum absolute atomic E-state index is 0.0533. The summed E-state index contributed by atoms with van der Waals surface area (Å²) >= 11 is 7.48. The first kappa shape index (κ1) is 16.7. The van der Waals surface area contributed by atoms with Gasteiger partial charge in [0.2, 0.25) is 5.91 Å². The Morgan fingerprint density at radius 2 is 2.08 bits per heavy atom. The highest BCUT2D eigenvalue weighted by Gasteiger charge is 2.16. The van der Waals surface area contributed by atoms with Crippen molar-refractivity contribution in [2.75, 3.05) is 6.54 Å². The number of carbonyl (C=O) groups is 1. The average molecular weight is 357 g/mol. The van der Waals surface area contributed by atoms with E-state index in [9.17, 15) is 4.79 Å². The van der Waals surface area contributed by atoms with Gasteiger partial charge in [0.25, 0.3) is 0 Å². The van der Waals surface area contributed by atoms with E-state index in [1.807, 2.05) is 42.5 Å². The maximum absolute atomic E-state index is 12.8. The lowest BCUT2D eigenvalue weighted by Gasteiger charge is -2.20. The normalized spacial score (nSPS) is 10.7. The Labute approximate surface area is 150 Å². The third-order valence-corrected chi connectivity index (χ3v) is 4.95. The molecule has 0 radical (unpaired) electrons. The molecule has 3 aromatic rings. The van der Waals surface area contributed by atoms with Crippen LogP contribution in [-0.2, 0) is 17.8 Å². The minimum Gasteiger partial charge on any atom is -0.334 e. The second-order valence-electron chi connectivity index (χ2n) is 5.44. The first-order chi connectivity index (χ1) is 11.7. The zero-order valence-corrected chi connectivity index (χ0v) is 14.7. The largest absolute Gasteiger partial charge is 0.334 e. The summed E-state index contributed by atoms with van der Waals surface area (Å²) < 4.78 is 0.731. The van der Waals surface area contributed by atoms with Crippen molar-refractivity contribution in [2.24, 2.45) is 0 Å². The number of pyridine rings is 1. The predicted octanol–water partition coefficient (Wildman–Crippen LogP) is 4.71. The van der Waals surface area contributed by atoms with Crippen molar-refractivity contribution in [1.82, 2.24) is 9.88 Å². The summed E-state index contributed by atoms with van der Waals surface area (Å²) in [5, 5.41) is 1.04. The van der Waals surface area contributed by atoms with E-state index in [-0.39, 0.29) is 5.91 Å². The molecule has 0 saturated heterocycles. The van der Waals surface area contributed by atoms with Gasteiger partial charge in [0.05, 0.1) is 22.8 Å². The number of para-hydroxylation sites is 1. The second kappa shape index (κ2) is 7.60. The lowest BCUT2D eigenvalue weighted by molar-refractivity contribution is -0.130. The third-order valence-electron chi connectivity index (χ3n) is 3.74. The van der Waals surface area contributed by atoms with Crippen molar-refractivity contribution in [3.63, 3.8) is 0 Å². The number of benzene rings is 1. The van der Waals surface area contributed by atoms with Gasteiger partial charge in [0.1, 0.15) is 0 Å². The highest BCUT2D eigenvalue weighted by molar-refractivity contribution is 7.16. The number of hydrogen-bond donors (Lipinski definition) is 0. The summed E-state index contributed by atoms with van der Waals surface area (Å²) in [6.07, 6.45) is 3.82. The Balaban J connectivity index is 1.81. The maximum atomic E-state index is 12.8. The predicted molar refractivity (Wildman–Crippen MR) is 100 cm³/mol. The molecule has 0 N–H and O–H groups in total. The molecule has 5 heteroatoms. The van der Waals surface area contributed by atoms with Gasteiger partial charge in [-0.2, -0.15) is 0 Å². The van der Waals surface area contributed by atoms with Gasteiger partial charge in [-0.3, -0.25) is 9.78 Å². The highest BCUT2D eigenvalue weighted by Crippen LogP contribution is 2.23. The molecule has 0 aliphatic carbocycles. The van der Waals surface area contributed by atoms with Crippen molar-refractivity contribution in [1.29, 1.82) is 0 Å². The fourth-order valence-corrected chi connectivity index (χ4v) is 3.72. The quantitative estimate of drug-likeness (QED) is 0.599. The topological polar surface area (TPSA) is 33.2 Å². The van der Waals surface area contributed by atoms with Crippen molar-refractivity contribution in [3.05, 3.63) is 76.1 Å². The van der Waals surface area contributed by atoms with E-state index >= 15 is 0 Å². The molecule has 0 fully saturated rings. The number of rotatable bonds is 6. The summed E-state index contributed by atoms with van der Waals surface area (Å²) in [6, 6.07) is 13.6. The van der Waals surface area contributed by atoms with Gasteiger partial charge in [-0.25, -0.2) is 0 Å². The Hall–Kier alpha value is -2.17. The molecular formula is C19H17ClN2OS. The summed E-state index contributed by atoms with van der Waals surface area (Å²) in [5.41, 5.74) is 1.82. The first-order valence-corrected chi connectivity index (χ1v) is 8.82. The van der Waals surface area contributed by atoms with Gasteiger partial charge in [-0.15, -0.1) is 17.9 Å². The van der Waals surface area contributed by atoms with E-state index in [0.29, 0.717) is 19.5 Å². The van der Waals surface area contributed by atoms with E-state index in [0.717, 1.165) is 25.7 Å². The molecule has 0 atom stereocenters. The van der Waals surface area contributed by atoms with Gasteiger partial charge in [-0.05, 0) is 23.8 Å². The molecule has 24 heavy (non-hydrogen) atoms. The highest BCUT2D eigenvalue weighted by atomic mass is 35.5. The standard InChI is InChI=1S/C19H17ClN2OS/c1-2-11-22(13-16-8-9-17(20)24-16)18(23)12-15-6-3-5-14-7-4-10-21-19(14)15/h2-10H,1,11-13H2. The number of halogens is 1. The molecule has 3 nitrogen and oxygen atoms in total. The van der Waals surface area contributed by atoms with E-state index in [4.69, 9.17) is 11.6 Å². The van der Waals surface area contributed by atoms with Crippen LogP contribution in [0.4, 0.5) is 0 Å². The fraction of sp³-hybridized carbons (Fsp3) is 0.158. The van der Waals surface area contributed by atoms with Crippen molar-refractivity contribution in [3.8, 4) is 0 Å². The SMILES string of the molecule is C=CCN(Cc1ccc(Cl)s1)C(=O)Cc1cccc2cccnc12. The molecule has 0 spiro atoms. The molecule has 3 rings (SSSR count). The molecule has 2 aromatic heterocycles. The maximum Gasteiger partial charge on any atom is 0.227 e. The molecule has 0 unspecified atom stereocenters. The fourth-order valence-electron chi connectivity index (χ4n) is 2.62. The Morgan fingerprint density at radius 1 is 1.25 bits per heavy atom. The molecule has 0 bridgehead atoms. The molecule has 0 saturated carbocycles. The van der Waals surface area contributed by atoms with E-state index in [2.05, 4.69) is 11.6 Å². The van der Waals surface area contributed by atoms with Crippen LogP contribution in [0.25, 0.3) is 10.9 Å². The van der Waals surface area contributed by atoms with Gasteiger partial charge in [-0.1, -0.05) is 41.9 Å². The molecule has 1 aromatic carbocycles. The molecule has 0 aliphatic heterocycles. The average Bonchev–Trinajstić information content (AvgIpc) is 3.00. The monoisotopic (exact) mass is 356 g/mol. The Morgan fingerprint density at radius 3 is 2.83 bits per heavy atom. The smallest absolute Gasteiger partial charge is 0.227 e. The third kappa shape index (κ3) is 3.83. The van der Waals surface area contributed by atoms with Gasteiger partial charge in [0, 0.05) is 23.0 Å². The van der Waals surface area contributed by atoms with E-state index in [1.165, 1.54) is 11.3 Å². The second-order valence-corrected chi connectivity index (χ2v) is 7.24. The van der Waals surface area contributed by atoms with Crippen LogP contribution < -0.4 is 0 Å². The number of fused-ring (bicyclic) bond motifs is 1. The van der Waals surface area contributed by atoms with E-state index in [1.54, 1.807) is 17.2 Å². The lowest BCUT2D eigenvalue weighted by Crippen LogP contribution is -2.31. The molecule has 0 aliphatic rings. The number of carbonyl (C=O) groups excluding carboxylic acids is 1. The van der Waals surface area contributed by atoms with Crippen LogP contribution in [0.1, 0.15) is 10.4 Å². The van der Waals surface area contributed by atoms with Crippen molar-refractivity contribution in [2.45, 2.75) is 13.0 Å². The molecule has 2 heterocycles. The summed E-state index contributed by atoms with van der Waals surface area (Å²) in [5.74, 6) is 0.0533. The molecule has 122 valence electrons. The first-order valence-electron chi connectivity index (χ1n) is 7.63. The van der Waals surface area contributed by atoms with Crippen LogP contribution >= 0.6 is 22.9 Å². The van der Waals surface area contributed by atoms with Crippen LogP contribution in [-0.4, -0.2) is 22.3 Å².